The molecule has 0 fully saturated rings. The second-order valence-corrected chi connectivity index (χ2v) is 3.95. The lowest BCUT2D eigenvalue weighted by atomic mass is 10.0. The highest BCUT2D eigenvalue weighted by Gasteiger charge is 2.61. The van der Waals surface area contributed by atoms with E-state index >= 15 is 0 Å². The van der Waals surface area contributed by atoms with Crippen LogP contribution < -0.4 is 5.73 Å². The van der Waals surface area contributed by atoms with Gasteiger partial charge in [0.25, 0.3) is 0 Å². The van der Waals surface area contributed by atoms with Crippen molar-refractivity contribution in [3.05, 3.63) is 28.5 Å². The maximum absolute atomic E-state index is 12.8. The minimum absolute atomic E-state index is 0. The second kappa shape index (κ2) is 5.45. The molecule has 0 unspecified atom stereocenters. The zero-order chi connectivity index (χ0) is 12.6. The van der Waals surface area contributed by atoms with Gasteiger partial charge < -0.3 is 5.73 Å². The number of hydrogen-bond donors (Lipinski definition) is 1. The van der Waals surface area contributed by atoms with E-state index in [2.05, 4.69) is 20.9 Å². The predicted octanol–water partition coefficient (Wildman–Crippen LogP) is 3.46. The Morgan fingerprint density at radius 2 is 1.71 bits per heavy atom. The summed E-state index contributed by atoms with van der Waals surface area (Å²) < 4.78 is 62.0. The molecule has 98 valence electrons. The highest BCUT2D eigenvalue weighted by molar-refractivity contribution is 9.10. The van der Waals surface area contributed by atoms with Gasteiger partial charge in [-0.05, 0) is 27.6 Å². The van der Waals surface area contributed by atoms with Crippen LogP contribution in [-0.2, 0) is 0 Å². The van der Waals surface area contributed by atoms with Gasteiger partial charge in [-0.3, -0.25) is 4.98 Å². The molecule has 9 heteroatoms. The minimum Gasteiger partial charge on any atom is -0.319 e. The van der Waals surface area contributed by atoms with Crippen LogP contribution in [0.25, 0.3) is 0 Å². The first-order chi connectivity index (χ1) is 7.16. The Balaban J connectivity index is 0.00000256. The summed E-state index contributed by atoms with van der Waals surface area (Å²) in [5.41, 5.74) is 4.51. The van der Waals surface area contributed by atoms with E-state index in [1.165, 1.54) is 6.20 Å². The number of hydrogen-bond acceptors (Lipinski definition) is 2. The molecule has 0 bridgehead atoms. The van der Waals surface area contributed by atoms with Crippen LogP contribution in [0.1, 0.15) is 11.6 Å². The third kappa shape index (κ3) is 3.49. The van der Waals surface area contributed by atoms with E-state index in [9.17, 15) is 22.0 Å². The maximum atomic E-state index is 12.8. The fourth-order valence-electron chi connectivity index (χ4n) is 0.984. The van der Waals surface area contributed by atoms with Crippen molar-refractivity contribution in [3.8, 4) is 0 Å². The van der Waals surface area contributed by atoms with Crippen LogP contribution in [-0.4, -0.2) is 17.1 Å². The molecule has 1 aromatic heterocycles. The Bertz CT molecular complexity index is 384. The zero-order valence-corrected chi connectivity index (χ0v) is 10.4. The number of pyridine rings is 1. The lowest BCUT2D eigenvalue weighted by molar-refractivity contribution is -0.291. The van der Waals surface area contributed by atoms with Gasteiger partial charge in [0.05, 0.1) is 0 Å². The van der Waals surface area contributed by atoms with Crippen molar-refractivity contribution in [1.82, 2.24) is 4.98 Å². The fourth-order valence-corrected chi connectivity index (χ4v) is 1.37. The molecule has 0 saturated heterocycles. The van der Waals surface area contributed by atoms with Gasteiger partial charge in [0.2, 0.25) is 0 Å². The SMILES string of the molecule is Cl.N[C@H](c1cncc(Br)c1)C(F)(F)C(F)(F)F. The van der Waals surface area contributed by atoms with Crippen molar-refractivity contribution in [2.24, 2.45) is 5.73 Å². The van der Waals surface area contributed by atoms with Crippen molar-refractivity contribution >= 4 is 28.3 Å². The summed E-state index contributed by atoms with van der Waals surface area (Å²) in [6.45, 7) is 0. The molecule has 1 aromatic rings. The first kappa shape index (κ1) is 16.5. The summed E-state index contributed by atoms with van der Waals surface area (Å²) >= 11 is 2.90. The van der Waals surface area contributed by atoms with Crippen molar-refractivity contribution < 1.29 is 22.0 Å². The summed E-state index contributed by atoms with van der Waals surface area (Å²) in [5, 5.41) is 0. The molecule has 0 amide bonds. The summed E-state index contributed by atoms with van der Waals surface area (Å²) in [6.07, 6.45) is -3.56. The quantitative estimate of drug-likeness (QED) is 0.837. The van der Waals surface area contributed by atoms with E-state index < -0.39 is 23.7 Å². The third-order valence-corrected chi connectivity index (χ3v) is 2.29. The average Bonchev–Trinajstić information content (AvgIpc) is 2.14. The van der Waals surface area contributed by atoms with Gasteiger partial charge in [-0.1, -0.05) is 0 Å². The van der Waals surface area contributed by atoms with E-state index in [-0.39, 0.29) is 16.9 Å². The van der Waals surface area contributed by atoms with Crippen molar-refractivity contribution in [2.75, 3.05) is 0 Å². The number of nitrogens with two attached hydrogens (primary N) is 1. The monoisotopic (exact) mass is 340 g/mol. The van der Waals surface area contributed by atoms with Gasteiger partial charge in [0, 0.05) is 16.9 Å². The Kier molecular flexibility index (Phi) is 5.30. The standard InChI is InChI=1S/C8H6BrF5N2.ClH/c9-5-1-4(2-16-3-5)6(15)7(10,11)8(12,13)14;/h1-3,6H,15H2;1H/t6-;/m1./s1. The molecule has 0 aromatic carbocycles. The van der Waals surface area contributed by atoms with Crippen LogP contribution in [0.15, 0.2) is 22.9 Å². The lowest BCUT2D eigenvalue weighted by Crippen LogP contribution is -2.45. The van der Waals surface area contributed by atoms with E-state index in [0.717, 1.165) is 12.3 Å². The molecule has 1 atom stereocenters. The summed E-state index contributed by atoms with van der Waals surface area (Å²) in [6, 6.07) is -1.41. The van der Waals surface area contributed by atoms with Crippen molar-refractivity contribution in [3.63, 3.8) is 0 Å². The normalized spacial score (nSPS) is 14.1. The van der Waals surface area contributed by atoms with E-state index in [4.69, 9.17) is 5.73 Å². The molecule has 0 aliphatic rings. The van der Waals surface area contributed by atoms with E-state index in [1.807, 2.05) is 0 Å². The van der Waals surface area contributed by atoms with Gasteiger partial charge >= 0.3 is 12.1 Å². The van der Waals surface area contributed by atoms with E-state index in [1.54, 1.807) is 0 Å². The summed E-state index contributed by atoms with van der Waals surface area (Å²) in [7, 11) is 0. The predicted molar refractivity (Wildman–Crippen MR) is 57.1 cm³/mol. The van der Waals surface area contributed by atoms with Gasteiger partial charge in [0.1, 0.15) is 6.04 Å². The van der Waals surface area contributed by atoms with Gasteiger partial charge in [-0.25, -0.2) is 0 Å². The number of nitrogens with zero attached hydrogens (tertiary/aromatic N) is 1. The maximum Gasteiger partial charge on any atom is 0.455 e. The first-order valence-corrected chi connectivity index (χ1v) is 4.76. The third-order valence-electron chi connectivity index (χ3n) is 1.85. The molecule has 1 rings (SSSR count). The Morgan fingerprint density at radius 1 is 1.18 bits per heavy atom. The number of halogens is 7. The van der Waals surface area contributed by atoms with Crippen LogP contribution in [0, 0.1) is 0 Å². The van der Waals surface area contributed by atoms with Gasteiger partial charge in [-0.15, -0.1) is 12.4 Å². The number of aromatic nitrogens is 1. The molecule has 2 nitrogen and oxygen atoms in total. The average molecular weight is 342 g/mol. The van der Waals surface area contributed by atoms with E-state index in [0.29, 0.717) is 0 Å². The first-order valence-electron chi connectivity index (χ1n) is 3.97. The largest absolute Gasteiger partial charge is 0.455 e. The molecule has 17 heavy (non-hydrogen) atoms. The second-order valence-electron chi connectivity index (χ2n) is 3.03. The summed E-state index contributed by atoms with van der Waals surface area (Å²) in [4.78, 5) is 3.47. The van der Waals surface area contributed by atoms with Crippen LogP contribution in [0.4, 0.5) is 22.0 Å². The molecule has 0 spiro atoms. The molecule has 0 radical (unpaired) electrons. The fraction of sp³-hybridized carbons (Fsp3) is 0.375. The number of rotatable bonds is 2. The van der Waals surface area contributed by atoms with Crippen molar-refractivity contribution in [2.45, 2.75) is 18.1 Å². The lowest BCUT2D eigenvalue weighted by Gasteiger charge is -2.25. The Morgan fingerprint density at radius 3 is 2.12 bits per heavy atom. The highest BCUT2D eigenvalue weighted by Crippen LogP contribution is 2.43. The molecule has 1 heterocycles. The molecular formula is C8H7BrClF5N2. The molecule has 0 aliphatic heterocycles. The molecule has 0 saturated carbocycles. The smallest absolute Gasteiger partial charge is 0.319 e. The highest BCUT2D eigenvalue weighted by atomic mass is 79.9. The molecule has 2 N–H and O–H groups in total. The van der Waals surface area contributed by atoms with Crippen LogP contribution >= 0.6 is 28.3 Å². The zero-order valence-electron chi connectivity index (χ0n) is 8.01. The van der Waals surface area contributed by atoms with Gasteiger partial charge in [0.15, 0.2) is 0 Å². The van der Waals surface area contributed by atoms with Crippen molar-refractivity contribution in [1.29, 1.82) is 0 Å². The summed E-state index contributed by atoms with van der Waals surface area (Å²) in [5.74, 6) is -4.99. The Labute approximate surface area is 108 Å². The van der Waals surface area contributed by atoms with Gasteiger partial charge in [-0.2, -0.15) is 22.0 Å². The van der Waals surface area contributed by atoms with Crippen LogP contribution in [0.5, 0.6) is 0 Å². The Hall–Kier alpha value is -0.470. The molecular weight excluding hydrogens is 334 g/mol. The minimum atomic E-state index is -5.69. The van der Waals surface area contributed by atoms with Crippen LogP contribution in [0.3, 0.4) is 0 Å². The van der Waals surface area contributed by atoms with Crippen LogP contribution in [0.2, 0.25) is 0 Å². The topological polar surface area (TPSA) is 38.9 Å². The molecule has 0 aliphatic carbocycles. The number of alkyl halides is 5.